The van der Waals surface area contributed by atoms with Crippen LogP contribution >= 0.6 is 35.3 Å². The molecule has 6 heteroatoms. The van der Waals surface area contributed by atoms with Crippen LogP contribution in [-0.2, 0) is 4.79 Å². The van der Waals surface area contributed by atoms with Gasteiger partial charge in [0, 0.05) is 10.9 Å². The van der Waals surface area contributed by atoms with Crippen molar-refractivity contribution in [1.29, 1.82) is 0 Å². The van der Waals surface area contributed by atoms with Gasteiger partial charge in [-0.15, -0.1) is 11.3 Å². The Labute approximate surface area is 191 Å². The van der Waals surface area contributed by atoms with Crippen molar-refractivity contribution in [2.24, 2.45) is 11.8 Å². The number of methoxy groups -OCH3 is 1. The van der Waals surface area contributed by atoms with Crippen molar-refractivity contribution in [2.45, 2.75) is 45.6 Å². The largest absolute Gasteiger partial charge is 0.496 e. The maximum atomic E-state index is 13.2. The summed E-state index contributed by atoms with van der Waals surface area (Å²) >= 11 is 8.75. The van der Waals surface area contributed by atoms with E-state index in [1.807, 2.05) is 11.0 Å². The van der Waals surface area contributed by atoms with E-state index in [0.717, 1.165) is 43.3 Å². The van der Waals surface area contributed by atoms with Crippen molar-refractivity contribution >= 4 is 51.6 Å². The average Bonchev–Trinajstić information content (AvgIpc) is 3.49. The number of ether oxygens (including phenoxy) is 1. The van der Waals surface area contributed by atoms with E-state index in [9.17, 15) is 4.79 Å². The molecule has 2 aromatic rings. The monoisotopic (exact) mass is 455 g/mol. The topological polar surface area (TPSA) is 29.5 Å². The van der Waals surface area contributed by atoms with E-state index < -0.39 is 0 Å². The number of thioether (sulfide) groups is 1. The van der Waals surface area contributed by atoms with Gasteiger partial charge in [-0.2, -0.15) is 0 Å². The van der Waals surface area contributed by atoms with Crippen LogP contribution in [0.25, 0.3) is 17.2 Å². The zero-order valence-corrected chi connectivity index (χ0v) is 19.9. The zero-order chi connectivity index (χ0) is 21.0. The molecule has 2 bridgehead atoms. The second-order valence-corrected chi connectivity index (χ2v) is 11.3. The number of aryl methyl sites for hydroxylation is 1. The molecule has 2 heterocycles. The summed E-state index contributed by atoms with van der Waals surface area (Å²) in [5.41, 5.74) is 4.65. The number of hydrogen-bond acceptors (Lipinski definition) is 5. The fourth-order valence-corrected chi connectivity index (χ4v) is 7.61. The molecule has 3 fully saturated rings. The predicted molar refractivity (Wildman–Crippen MR) is 130 cm³/mol. The van der Waals surface area contributed by atoms with Gasteiger partial charge in [0.1, 0.15) is 10.1 Å². The van der Waals surface area contributed by atoms with Crippen LogP contribution < -0.4 is 4.74 Å². The average molecular weight is 456 g/mol. The maximum Gasteiger partial charge on any atom is 0.266 e. The molecule has 1 aromatic heterocycles. The molecule has 2 aliphatic carbocycles. The van der Waals surface area contributed by atoms with Gasteiger partial charge in [0.2, 0.25) is 0 Å². The Morgan fingerprint density at radius 2 is 2.03 bits per heavy atom. The van der Waals surface area contributed by atoms with E-state index in [1.165, 1.54) is 42.2 Å². The van der Waals surface area contributed by atoms with Crippen LogP contribution in [0.15, 0.2) is 28.5 Å². The fraction of sp³-hybridized carbons (Fsp3) is 0.417. The van der Waals surface area contributed by atoms with Crippen LogP contribution in [0.1, 0.15) is 41.7 Å². The lowest BCUT2D eigenvalue weighted by molar-refractivity contribution is -0.124. The summed E-state index contributed by atoms with van der Waals surface area (Å²) in [6, 6.07) is 6.74. The second-order valence-electron chi connectivity index (χ2n) is 8.67. The molecule has 3 aliphatic rings. The normalized spacial score (nSPS) is 27.0. The Bertz CT molecular complexity index is 1070. The lowest BCUT2D eigenvalue weighted by Crippen LogP contribution is -2.41. The van der Waals surface area contributed by atoms with Crippen molar-refractivity contribution in [3.05, 3.63) is 44.5 Å². The molecule has 1 aromatic carbocycles. The van der Waals surface area contributed by atoms with Gasteiger partial charge in [0.05, 0.1) is 12.0 Å². The highest BCUT2D eigenvalue weighted by Gasteiger charge is 2.47. The van der Waals surface area contributed by atoms with Crippen molar-refractivity contribution in [2.75, 3.05) is 7.11 Å². The number of carbonyl (C=O) groups is 1. The molecule has 156 valence electrons. The van der Waals surface area contributed by atoms with Crippen LogP contribution in [0, 0.1) is 25.7 Å². The highest BCUT2D eigenvalue weighted by Crippen LogP contribution is 2.49. The molecule has 3 unspecified atom stereocenters. The highest BCUT2D eigenvalue weighted by atomic mass is 32.2. The Balaban J connectivity index is 1.41. The lowest BCUT2D eigenvalue weighted by Gasteiger charge is -2.30. The number of nitrogens with zero attached hydrogens (tertiary/aromatic N) is 1. The van der Waals surface area contributed by atoms with E-state index >= 15 is 0 Å². The van der Waals surface area contributed by atoms with Gasteiger partial charge in [0.25, 0.3) is 5.91 Å². The number of hydrogen-bond donors (Lipinski definition) is 0. The Morgan fingerprint density at radius 3 is 2.73 bits per heavy atom. The summed E-state index contributed by atoms with van der Waals surface area (Å²) < 4.78 is 6.27. The first-order valence-corrected chi connectivity index (χ1v) is 12.6. The third kappa shape index (κ3) is 3.43. The standard InChI is InChI=1S/C24H25NO2S3/c1-13-6-19(14(2)21(7-13)27-3)17-10-18(29-12-17)11-22-23(26)25(24(28)30-22)20-9-15-4-5-16(20)8-15/h6-7,10-12,15-16,20H,4-5,8-9H2,1-3H3/b22-11-. The van der Waals surface area contributed by atoms with Gasteiger partial charge in [-0.05, 0) is 90.8 Å². The molecular weight excluding hydrogens is 430 g/mol. The first-order valence-electron chi connectivity index (χ1n) is 10.5. The minimum atomic E-state index is 0.103. The van der Waals surface area contributed by atoms with E-state index in [0.29, 0.717) is 12.0 Å². The number of amides is 1. The smallest absolute Gasteiger partial charge is 0.266 e. The first kappa shape index (κ1) is 20.3. The molecule has 5 rings (SSSR count). The molecule has 3 atom stereocenters. The highest BCUT2D eigenvalue weighted by molar-refractivity contribution is 8.26. The van der Waals surface area contributed by atoms with Crippen molar-refractivity contribution in [3.63, 3.8) is 0 Å². The Hall–Kier alpha value is -1.63. The van der Waals surface area contributed by atoms with Crippen LogP contribution in [0.2, 0.25) is 0 Å². The summed E-state index contributed by atoms with van der Waals surface area (Å²) in [4.78, 5) is 17.0. The van der Waals surface area contributed by atoms with E-state index in [1.54, 1.807) is 18.4 Å². The first-order chi connectivity index (χ1) is 14.4. The second kappa shape index (κ2) is 7.81. The Kier molecular flexibility index (Phi) is 5.28. The number of fused-ring (bicyclic) bond motifs is 2. The predicted octanol–water partition coefficient (Wildman–Crippen LogP) is 6.43. The van der Waals surface area contributed by atoms with Gasteiger partial charge in [-0.3, -0.25) is 9.69 Å². The molecule has 2 saturated carbocycles. The van der Waals surface area contributed by atoms with Crippen LogP contribution in [0.3, 0.4) is 0 Å². The van der Waals surface area contributed by atoms with Crippen molar-refractivity contribution in [1.82, 2.24) is 4.90 Å². The summed E-state index contributed by atoms with van der Waals surface area (Å²) in [6.07, 6.45) is 6.99. The summed E-state index contributed by atoms with van der Waals surface area (Å²) in [5.74, 6) is 2.45. The van der Waals surface area contributed by atoms with E-state index in [2.05, 4.69) is 37.4 Å². The van der Waals surface area contributed by atoms with Crippen molar-refractivity contribution in [3.8, 4) is 16.9 Å². The molecule has 3 nitrogen and oxygen atoms in total. The van der Waals surface area contributed by atoms with Gasteiger partial charge in [0.15, 0.2) is 0 Å². The minimum absolute atomic E-state index is 0.103. The SMILES string of the molecule is COc1cc(C)cc(-c2csc(/C=C3\SC(=S)N(C4CC5CCC4C5)C3=O)c2)c1C. The van der Waals surface area contributed by atoms with Gasteiger partial charge < -0.3 is 4.74 Å². The number of thiocarbonyl (C=S) groups is 1. The van der Waals surface area contributed by atoms with Gasteiger partial charge in [-0.1, -0.05) is 36.5 Å². The third-order valence-electron chi connectivity index (χ3n) is 6.78. The van der Waals surface area contributed by atoms with Crippen LogP contribution in [-0.4, -0.2) is 28.3 Å². The van der Waals surface area contributed by atoms with Gasteiger partial charge >= 0.3 is 0 Å². The molecule has 1 amide bonds. The molecule has 0 radical (unpaired) electrons. The summed E-state index contributed by atoms with van der Waals surface area (Å²) in [7, 11) is 1.71. The summed E-state index contributed by atoms with van der Waals surface area (Å²) in [6.45, 7) is 4.17. The fourth-order valence-electron chi connectivity index (χ4n) is 5.33. The molecule has 0 spiro atoms. The van der Waals surface area contributed by atoms with Crippen LogP contribution in [0.5, 0.6) is 5.75 Å². The van der Waals surface area contributed by atoms with E-state index in [-0.39, 0.29) is 5.91 Å². The molecular formula is C24H25NO2S3. The third-order valence-corrected chi connectivity index (χ3v) is 8.99. The molecule has 1 saturated heterocycles. The zero-order valence-electron chi connectivity index (χ0n) is 17.4. The van der Waals surface area contributed by atoms with Crippen LogP contribution in [0.4, 0.5) is 0 Å². The quantitative estimate of drug-likeness (QED) is 0.392. The molecule has 0 N–H and O–H groups in total. The maximum absolute atomic E-state index is 13.2. The van der Waals surface area contributed by atoms with Crippen molar-refractivity contribution < 1.29 is 9.53 Å². The molecule has 30 heavy (non-hydrogen) atoms. The number of thiophene rings is 1. The Morgan fingerprint density at radius 1 is 1.20 bits per heavy atom. The van der Waals surface area contributed by atoms with E-state index in [4.69, 9.17) is 17.0 Å². The number of benzene rings is 1. The summed E-state index contributed by atoms with van der Waals surface area (Å²) in [5, 5.41) is 2.16. The number of carbonyl (C=O) groups excluding carboxylic acids is 1. The molecule has 1 aliphatic heterocycles. The van der Waals surface area contributed by atoms with Gasteiger partial charge in [-0.25, -0.2) is 0 Å². The lowest BCUT2D eigenvalue weighted by atomic mass is 9.94. The minimum Gasteiger partial charge on any atom is -0.496 e. The number of rotatable bonds is 4.